The van der Waals surface area contributed by atoms with E-state index < -0.39 is 0 Å². The Hall–Kier alpha value is -0.0800. The highest BCUT2D eigenvalue weighted by Gasteiger charge is 2.20. The van der Waals surface area contributed by atoms with Gasteiger partial charge in [-0.15, -0.1) is 0 Å². The molecule has 0 amide bonds. The molecule has 1 saturated heterocycles. The Morgan fingerprint density at radius 3 is 2.40 bits per heavy atom. The molecular formula is C18H38N2. The zero-order valence-corrected chi connectivity index (χ0v) is 14.1. The Bertz CT molecular complexity index is 217. The van der Waals surface area contributed by atoms with Crippen molar-refractivity contribution in [1.29, 1.82) is 0 Å². The van der Waals surface area contributed by atoms with Gasteiger partial charge in [0.25, 0.3) is 0 Å². The molecule has 0 aliphatic carbocycles. The van der Waals surface area contributed by atoms with Crippen molar-refractivity contribution in [1.82, 2.24) is 4.90 Å². The Kier molecular flexibility index (Phi) is 10.4. The molecule has 0 aromatic carbocycles. The lowest BCUT2D eigenvalue weighted by Gasteiger charge is -2.29. The van der Waals surface area contributed by atoms with Crippen molar-refractivity contribution in [3.63, 3.8) is 0 Å². The fraction of sp³-hybridized carbons (Fsp3) is 1.00. The summed E-state index contributed by atoms with van der Waals surface area (Å²) in [6.07, 6.45) is 15.3. The summed E-state index contributed by atoms with van der Waals surface area (Å²) in [4.78, 5) is 2.68. The van der Waals surface area contributed by atoms with Crippen molar-refractivity contribution < 1.29 is 0 Å². The number of nitrogens with two attached hydrogens (primary N) is 1. The van der Waals surface area contributed by atoms with E-state index in [0.717, 1.165) is 12.5 Å². The van der Waals surface area contributed by atoms with Gasteiger partial charge in [0.1, 0.15) is 0 Å². The molecule has 2 heteroatoms. The Labute approximate surface area is 127 Å². The van der Waals surface area contributed by atoms with Crippen LogP contribution in [0.1, 0.15) is 84.5 Å². The summed E-state index contributed by atoms with van der Waals surface area (Å²) in [5, 5.41) is 0. The average molecular weight is 283 g/mol. The van der Waals surface area contributed by atoms with E-state index in [-0.39, 0.29) is 0 Å². The third-order valence-electron chi connectivity index (χ3n) is 4.98. The molecule has 0 aromatic heterocycles. The largest absolute Gasteiger partial charge is 0.329 e. The van der Waals surface area contributed by atoms with Crippen LogP contribution in [0.3, 0.4) is 0 Å². The van der Waals surface area contributed by atoms with Gasteiger partial charge >= 0.3 is 0 Å². The van der Waals surface area contributed by atoms with E-state index in [2.05, 4.69) is 18.7 Å². The minimum atomic E-state index is 0.649. The number of nitrogens with zero attached hydrogens (tertiary/aromatic N) is 1. The SMILES string of the molecule is CCCCCCCCCC(CN)N1CCCC(C)CC1. The normalized spacial score (nSPS) is 22.6. The summed E-state index contributed by atoms with van der Waals surface area (Å²) < 4.78 is 0. The van der Waals surface area contributed by atoms with Gasteiger partial charge in [-0.25, -0.2) is 0 Å². The molecule has 2 atom stereocenters. The molecule has 120 valence electrons. The van der Waals surface area contributed by atoms with Crippen LogP contribution >= 0.6 is 0 Å². The van der Waals surface area contributed by atoms with Crippen LogP contribution in [0.4, 0.5) is 0 Å². The van der Waals surface area contributed by atoms with Crippen LogP contribution in [0, 0.1) is 5.92 Å². The van der Waals surface area contributed by atoms with Crippen LogP contribution in [0.15, 0.2) is 0 Å². The van der Waals surface area contributed by atoms with Gasteiger partial charge in [0.2, 0.25) is 0 Å². The van der Waals surface area contributed by atoms with E-state index in [1.807, 2.05) is 0 Å². The topological polar surface area (TPSA) is 29.3 Å². The lowest BCUT2D eigenvalue weighted by Crippen LogP contribution is -2.41. The van der Waals surface area contributed by atoms with Gasteiger partial charge in [0, 0.05) is 12.6 Å². The summed E-state index contributed by atoms with van der Waals surface area (Å²) in [5.74, 6) is 0.914. The number of unbranched alkanes of at least 4 members (excludes halogenated alkanes) is 6. The van der Waals surface area contributed by atoms with Gasteiger partial charge < -0.3 is 5.73 Å². The van der Waals surface area contributed by atoms with Gasteiger partial charge in [-0.1, -0.05) is 58.8 Å². The number of hydrogen-bond donors (Lipinski definition) is 1. The average Bonchev–Trinajstić information content (AvgIpc) is 2.67. The third-order valence-corrected chi connectivity index (χ3v) is 4.98. The molecule has 1 aliphatic heterocycles. The zero-order valence-electron chi connectivity index (χ0n) is 14.1. The molecule has 0 radical (unpaired) electrons. The van der Waals surface area contributed by atoms with Gasteiger partial charge in [0.05, 0.1) is 0 Å². The summed E-state index contributed by atoms with van der Waals surface area (Å²) in [5.41, 5.74) is 6.03. The van der Waals surface area contributed by atoms with Crippen molar-refractivity contribution in [2.75, 3.05) is 19.6 Å². The predicted molar refractivity (Wildman–Crippen MR) is 90.0 cm³/mol. The molecule has 0 spiro atoms. The second kappa shape index (κ2) is 11.6. The molecule has 0 bridgehead atoms. The van der Waals surface area contributed by atoms with E-state index in [1.165, 1.54) is 83.7 Å². The maximum atomic E-state index is 6.03. The smallest absolute Gasteiger partial charge is 0.0218 e. The van der Waals surface area contributed by atoms with Crippen LogP contribution < -0.4 is 5.73 Å². The van der Waals surface area contributed by atoms with E-state index >= 15 is 0 Å². The monoisotopic (exact) mass is 282 g/mol. The summed E-state index contributed by atoms with van der Waals surface area (Å²) >= 11 is 0. The first-order valence-corrected chi connectivity index (χ1v) is 9.22. The molecule has 0 saturated carbocycles. The highest BCUT2D eigenvalue weighted by molar-refractivity contribution is 4.76. The van der Waals surface area contributed by atoms with E-state index in [0.29, 0.717) is 6.04 Å². The van der Waals surface area contributed by atoms with E-state index in [9.17, 15) is 0 Å². The van der Waals surface area contributed by atoms with Crippen molar-refractivity contribution in [2.45, 2.75) is 90.5 Å². The van der Waals surface area contributed by atoms with Gasteiger partial charge in [-0.3, -0.25) is 4.90 Å². The van der Waals surface area contributed by atoms with Crippen LogP contribution in [0.5, 0.6) is 0 Å². The highest BCUT2D eigenvalue weighted by Crippen LogP contribution is 2.20. The molecule has 1 heterocycles. The molecule has 2 nitrogen and oxygen atoms in total. The maximum Gasteiger partial charge on any atom is 0.0218 e. The standard InChI is InChI=1S/C18H38N2/c1-3-4-5-6-7-8-9-12-18(16-19)20-14-10-11-17(2)13-15-20/h17-18H,3-16,19H2,1-2H3. The highest BCUT2D eigenvalue weighted by atomic mass is 15.2. The lowest BCUT2D eigenvalue weighted by molar-refractivity contribution is 0.192. The van der Waals surface area contributed by atoms with Crippen LogP contribution in [0.25, 0.3) is 0 Å². The molecular weight excluding hydrogens is 244 g/mol. The van der Waals surface area contributed by atoms with Crippen molar-refractivity contribution in [3.8, 4) is 0 Å². The fourth-order valence-corrected chi connectivity index (χ4v) is 3.44. The maximum absolute atomic E-state index is 6.03. The summed E-state index contributed by atoms with van der Waals surface area (Å²) in [7, 11) is 0. The Morgan fingerprint density at radius 1 is 1.00 bits per heavy atom. The second-order valence-electron chi connectivity index (χ2n) is 6.87. The lowest BCUT2D eigenvalue weighted by atomic mass is 10.0. The molecule has 1 fully saturated rings. The van der Waals surface area contributed by atoms with Gasteiger partial charge in [0.15, 0.2) is 0 Å². The molecule has 1 aliphatic rings. The molecule has 20 heavy (non-hydrogen) atoms. The van der Waals surface area contributed by atoms with Gasteiger partial charge in [-0.05, 0) is 44.7 Å². The van der Waals surface area contributed by atoms with Crippen LogP contribution in [-0.2, 0) is 0 Å². The quantitative estimate of drug-likeness (QED) is 0.594. The molecule has 1 rings (SSSR count). The van der Waals surface area contributed by atoms with Crippen molar-refractivity contribution in [2.24, 2.45) is 11.7 Å². The Morgan fingerprint density at radius 2 is 1.70 bits per heavy atom. The molecule has 2 N–H and O–H groups in total. The number of hydrogen-bond acceptors (Lipinski definition) is 2. The minimum absolute atomic E-state index is 0.649. The summed E-state index contributed by atoms with van der Waals surface area (Å²) in [6.45, 7) is 8.09. The second-order valence-corrected chi connectivity index (χ2v) is 6.87. The zero-order chi connectivity index (χ0) is 14.6. The first-order valence-electron chi connectivity index (χ1n) is 9.22. The predicted octanol–water partition coefficient (Wildman–Crippen LogP) is 4.58. The summed E-state index contributed by atoms with van der Waals surface area (Å²) in [6, 6.07) is 0.649. The first-order chi connectivity index (χ1) is 9.77. The Balaban J connectivity index is 2.12. The van der Waals surface area contributed by atoms with E-state index in [1.54, 1.807) is 0 Å². The van der Waals surface area contributed by atoms with Crippen molar-refractivity contribution >= 4 is 0 Å². The third kappa shape index (κ3) is 7.64. The molecule has 2 unspecified atom stereocenters. The number of rotatable bonds is 10. The minimum Gasteiger partial charge on any atom is -0.329 e. The van der Waals surface area contributed by atoms with Crippen molar-refractivity contribution in [3.05, 3.63) is 0 Å². The van der Waals surface area contributed by atoms with Gasteiger partial charge in [-0.2, -0.15) is 0 Å². The molecule has 0 aromatic rings. The van der Waals surface area contributed by atoms with E-state index in [4.69, 9.17) is 5.73 Å². The number of likely N-dealkylation sites (tertiary alicyclic amines) is 1. The van der Waals surface area contributed by atoms with Crippen LogP contribution in [0.2, 0.25) is 0 Å². The van der Waals surface area contributed by atoms with Crippen LogP contribution in [-0.4, -0.2) is 30.6 Å². The fourth-order valence-electron chi connectivity index (χ4n) is 3.44. The first kappa shape index (κ1) is 18.0.